The molecule has 1 saturated heterocycles. The Morgan fingerprint density at radius 1 is 1.35 bits per heavy atom. The predicted molar refractivity (Wildman–Crippen MR) is 130 cm³/mol. The zero-order valence-corrected chi connectivity index (χ0v) is 19.3. The van der Waals surface area contributed by atoms with E-state index in [2.05, 4.69) is 11.6 Å². The molecule has 1 unspecified atom stereocenters. The molecule has 1 aromatic carbocycles. The summed E-state index contributed by atoms with van der Waals surface area (Å²) in [5, 5.41) is 11.2. The molecule has 10 heteroatoms. The molecule has 1 aromatic heterocycles. The van der Waals surface area contributed by atoms with Crippen molar-refractivity contribution in [2.24, 2.45) is 0 Å². The number of aliphatic hydroxyl groups is 1. The number of carbonyl (C=O) groups is 1. The number of hydrogen-bond acceptors (Lipinski definition) is 6. The van der Waals surface area contributed by atoms with Gasteiger partial charge in [0.25, 0.3) is 0 Å². The molecule has 0 aliphatic carbocycles. The van der Waals surface area contributed by atoms with Gasteiger partial charge in [0.15, 0.2) is 5.75 Å². The molecule has 2 aliphatic rings. The van der Waals surface area contributed by atoms with Gasteiger partial charge in [-0.25, -0.2) is 9.18 Å². The Labute approximate surface area is 200 Å². The number of amides is 1. The summed E-state index contributed by atoms with van der Waals surface area (Å²) in [5.74, 6) is 0.532. The molecule has 8 nitrogen and oxygen atoms in total. The van der Waals surface area contributed by atoms with Gasteiger partial charge in [0.2, 0.25) is 5.91 Å². The third-order valence-corrected chi connectivity index (χ3v) is 6.19. The number of aliphatic hydroxyl groups excluding tert-OH is 1. The summed E-state index contributed by atoms with van der Waals surface area (Å²) >= 11 is 6.61. The quantitative estimate of drug-likeness (QED) is 0.394. The van der Waals surface area contributed by atoms with Crippen LogP contribution in [0.3, 0.4) is 0 Å². The van der Waals surface area contributed by atoms with Crippen molar-refractivity contribution in [3.05, 3.63) is 70.1 Å². The van der Waals surface area contributed by atoms with Crippen molar-refractivity contribution >= 4 is 40.3 Å². The van der Waals surface area contributed by atoms with Crippen molar-refractivity contribution in [3.63, 3.8) is 0 Å². The summed E-state index contributed by atoms with van der Waals surface area (Å²) < 4.78 is 19.6. The lowest BCUT2D eigenvalue weighted by Gasteiger charge is -2.40. The van der Waals surface area contributed by atoms with E-state index in [-0.39, 0.29) is 24.3 Å². The van der Waals surface area contributed by atoms with Gasteiger partial charge in [-0.1, -0.05) is 24.3 Å². The molecular weight excluding hydrogens is 463 g/mol. The topological polar surface area (TPSA) is 87.9 Å². The largest absolute Gasteiger partial charge is 0.508 e. The minimum Gasteiger partial charge on any atom is -0.508 e. The van der Waals surface area contributed by atoms with Crippen molar-refractivity contribution < 1.29 is 19.0 Å². The molecule has 1 fully saturated rings. The van der Waals surface area contributed by atoms with Crippen LogP contribution < -0.4 is 15.3 Å². The fourth-order valence-electron chi connectivity index (χ4n) is 4.32. The first-order valence-corrected chi connectivity index (χ1v) is 11.2. The van der Waals surface area contributed by atoms with Crippen LogP contribution in [0, 0.1) is 0 Å². The number of nitrogens with zero attached hydrogens (tertiary/aromatic N) is 4. The average molecular weight is 487 g/mol. The Kier molecular flexibility index (Phi) is 6.74. The second kappa shape index (κ2) is 9.72. The van der Waals surface area contributed by atoms with Crippen LogP contribution in [0.5, 0.6) is 5.75 Å². The maximum absolute atomic E-state index is 13.0. The number of carbonyl (C=O) groups excluding carboxylic acids is 1. The van der Waals surface area contributed by atoms with Gasteiger partial charge < -0.3 is 19.6 Å². The van der Waals surface area contributed by atoms with Crippen molar-refractivity contribution in [1.82, 2.24) is 14.5 Å². The number of rotatable bonds is 5. The highest BCUT2D eigenvalue weighted by Gasteiger charge is 2.31. The van der Waals surface area contributed by atoms with Crippen LogP contribution in [0.2, 0.25) is 5.02 Å². The molecule has 4 rings (SSSR count). The second-order valence-corrected chi connectivity index (χ2v) is 8.40. The predicted octanol–water partition coefficient (Wildman–Crippen LogP) is 3.60. The number of piperazine rings is 1. The van der Waals surface area contributed by atoms with Gasteiger partial charge in [0.1, 0.15) is 18.2 Å². The Bertz CT molecular complexity index is 1300. The first kappa shape index (κ1) is 23.6. The van der Waals surface area contributed by atoms with E-state index in [9.17, 15) is 19.1 Å². The van der Waals surface area contributed by atoms with Gasteiger partial charge in [-0.15, -0.1) is 0 Å². The molecular formula is C24H24ClFN4O4. The van der Waals surface area contributed by atoms with Crippen molar-refractivity contribution in [2.75, 3.05) is 31.1 Å². The van der Waals surface area contributed by atoms with Crippen LogP contribution in [0.1, 0.15) is 12.5 Å². The van der Waals surface area contributed by atoms with E-state index >= 15 is 0 Å². The van der Waals surface area contributed by atoms with E-state index in [1.807, 2.05) is 11.8 Å². The molecule has 178 valence electrons. The maximum Gasteiger partial charge on any atom is 0.350 e. The lowest BCUT2D eigenvalue weighted by molar-refractivity contribution is -0.126. The minimum atomic E-state index is -0.418. The standard InChI is InChI=1S/C24H24ClFN4O4/c1-3-20(32)28-8-9-29(15(2)14-28)23-18-13-19(25)17(12-16(31)6-4-5-7-26)22-21(18)30(10-11-34-22)24(33)27-23/h3-7,12-13,15,31H,1,8-11,14H2,2H3/b6-4-,7-5+,16-12-. The van der Waals surface area contributed by atoms with E-state index in [1.165, 1.54) is 28.9 Å². The zero-order chi connectivity index (χ0) is 24.4. The SMILES string of the molecule is C=CC(=O)N1CCN(c2nc(=O)n3c4c(c(/C=C(O)/C=C\C=C\F)c(Cl)cc24)OCC3)C(C)C1. The third-order valence-electron chi connectivity index (χ3n) is 5.88. The van der Waals surface area contributed by atoms with Gasteiger partial charge >= 0.3 is 5.69 Å². The number of ether oxygens (including phenoxy) is 1. The summed E-state index contributed by atoms with van der Waals surface area (Å²) in [4.78, 5) is 33.1. The molecule has 1 amide bonds. The number of aromatic nitrogens is 2. The van der Waals surface area contributed by atoms with E-state index in [0.717, 1.165) is 6.08 Å². The number of hydrogen-bond donors (Lipinski definition) is 1. The molecule has 0 radical (unpaired) electrons. The average Bonchev–Trinajstić information content (AvgIpc) is 2.83. The molecule has 2 aromatic rings. The Morgan fingerprint density at radius 3 is 2.85 bits per heavy atom. The van der Waals surface area contributed by atoms with Crippen LogP contribution in [0.25, 0.3) is 17.0 Å². The van der Waals surface area contributed by atoms with Crippen molar-refractivity contribution in [3.8, 4) is 5.75 Å². The van der Waals surface area contributed by atoms with Gasteiger partial charge in [0.05, 0.1) is 23.4 Å². The minimum absolute atomic E-state index is 0.105. The third kappa shape index (κ3) is 4.31. The summed E-state index contributed by atoms with van der Waals surface area (Å²) in [6.45, 7) is 7.48. The molecule has 2 aliphatic heterocycles. The lowest BCUT2D eigenvalue weighted by atomic mass is 10.1. The summed E-state index contributed by atoms with van der Waals surface area (Å²) in [7, 11) is 0. The van der Waals surface area contributed by atoms with Crippen LogP contribution >= 0.6 is 11.6 Å². The summed E-state index contributed by atoms with van der Waals surface area (Å²) in [6, 6.07) is 1.60. The normalized spacial score (nSPS) is 18.7. The fourth-order valence-corrected chi connectivity index (χ4v) is 4.57. The monoisotopic (exact) mass is 486 g/mol. The number of anilines is 1. The molecule has 0 spiro atoms. The highest BCUT2D eigenvalue weighted by atomic mass is 35.5. The first-order chi connectivity index (χ1) is 16.3. The van der Waals surface area contributed by atoms with Gasteiger partial charge in [-0.2, -0.15) is 4.98 Å². The van der Waals surface area contributed by atoms with E-state index in [1.54, 1.807) is 11.0 Å². The first-order valence-electron chi connectivity index (χ1n) is 10.8. The Balaban J connectivity index is 1.85. The lowest BCUT2D eigenvalue weighted by Crippen LogP contribution is -2.54. The van der Waals surface area contributed by atoms with Crippen LogP contribution in [-0.4, -0.2) is 57.7 Å². The van der Waals surface area contributed by atoms with Gasteiger partial charge in [0, 0.05) is 36.6 Å². The van der Waals surface area contributed by atoms with E-state index < -0.39 is 5.69 Å². The van der Waals surface area contributed by atoms with E-state index in [0.29, 0.717) is 65.6 Å². The second-order valence-electron chi connectivity index (χ2n) is 7.99. The van der Waals surface area contributed by atoms with Crippen LogP contribution in [0.4, 0.5) is 10.2 Å². The van der Waals surface area contributed by atoms with Gasteiger partial charge in [-0.3, -0.25) is 9.36 Å². The zero-order valence-electron chi connectivity index (χ0n) is 18.6. The summed E-state index contributed by atoms with van der Waals surface area (Å²) in [6.07, 6.45) is 6.82. The summed E-state index contributed by atoms with van der Waals surface area (Å²) in [5.41, 5.74) is 0.521. The Hall–Kier alpha value is -3.59. The maximum atomic E-state index is 13.0. The molecule has 1 N–H and O–H groups in total. The molecule has 3 heterocycles. The highest BCUT2D eigenvalue weighted by Crippen LogP contribution is 2.41. The molecule has 1 atom stereocenters. The highest BCUT2D eigenvalue weighted by molar-refractivity contribution is 6.33. The van der Waals surface area contributed by atoms with Crippen molar-refractivity contribution in [1.29, 1.82) is 0 Å². The van der Waals surface area contributed by atoms with Crippen molar-refractivity contribution in [2.45, 2.75) is 19.5 Å². The number of halogens is 2. The molecule has 0 saturated carbocycles. The van der Waals surface area contributed by atoms with Crippen LogP contribution in [0.15, 0.2) is 53.8 Å². The Morgan fingerprint density at radius 2 is 2.15 bits per heavy atom. The number of allylic oxidation sites excluding steroid dienone is 3. The fraction of sp³-hybridized carbons (Fsp3) is 0.292. The smallest absolute Gasteiger partial charge is 0.350 e. The van der Waals surface area contributed by atoms with E-state index in [4.69, 9.17) is 16.3 Å². The van der Waals surface area contributed by atoms with Crippen LogP contribution in [-0.2, 0) is 11.3 Å². The molecule has 0 bridgehead atoms. The van der Waals surface area contributed by atoms with Gasteiger partial charge in [-0.05, 0) is 37.3 Å². The molecule has 34 heavy (non-hydrogen) atoms. The number of benzene rings is 1.